The quantitative estimate of drug-likeness (QED) is 0.408. The molecule has 2 aliphatic rings. The van der Waals surface area contributed by atoms with E-state index in [-0.39, 0.29) is 11.1 Å². The van der Waals surface area contributed by atoms with Gasteiger partial charge in [-0.3, -0.25) is 4.79 Å². The molecule has 5 heterocycles. The number of aromatic amines is 2. The molecule has 2 N–H and O–H groups in total. The Hall–Kier alpha value is -3.66. The highest BCUT2D eigenvalue weighted by Crippen LogP contribution is 2.34. The van der Waals surface area contributed by atoms with Crippen molar-refractivity contribution in [3.63, 3.8) is 0 Å². The van der Waals surface area contributed by atoms with E-state index < -0.39 is 17.5 Å². The third kappa shape index (κ3) is 3.97. The lowest BCUT2D eigenvalue weighted by Gasteiger charge is -2.34. The minimum atomic E-state index is -4.62. The van der Waals surface area contributed by atoms with E-state index in [4.69, 9.17) is 4.74 Å². The van der Waals surface area contributed by atoms with Gasteiger partial charge in [-0.2, -0.15) is 13.2 Å². The number of rotatable bonds is 4. The van der Waals surface area contributed by atoms with Gasteiger partial charge in [0.05, 0.1) is 29.1 Å². The monoisotopic (exact) mass is 481 g/mol. The summed E-state index contributed by atoms with van der Waals surface area (Å²) in [5, 5.41) is 0. The van der Waals surface area contributed by atoms with Gasteiger partial charge in [0.15, 0.2) is 11.6 Å². The number of imidazole rings is 1. The molecule has 0 radical (unpaired) electrons. The maximum Gasteiger partial charge on any atom is 0.417 e. The lowest BCUT2D eigenvalue weighted by Crippen LogP contribution is -2.41. The van der Waals surface area contributed by atoms with Crippen molar-refractivity contribution in [2.75, 3.05) is 24.6 Å². The molecule has 6 rings (SSSR count). The summed E-state index contributed by atoms with van der Waals surface area (Å²) in [6.45, 7) is 2.61. The number of carbonyl (C=O) groups excluding carboxylic acids is 1. The second-order valence-electron chi connectivity index (χ2n) is 9.01. The molecule has 1 aromatic carbocycles. The summed E-state index contributed by atoms with van der Waals surface area (Å²) in [6.07, 6.45) is 0.886. The van der Waals surface area contributed by atoms with Gasteiger partial charge in [0.25, 0.3) is 0 Å². The first-order valence-corrected chi connectivity index (χ1v) is 11.5. The Bertz CT molecular complexity index is 1410. The van der Waals surface area contributed by atoms with Gasteiger partial charge in [-0.15, -0.1) is 0 Å². The number of nitrogens with zero attached hydrogens (tertiary/aromatic N) is 3. The standard InChI is InChI=1S/C25H22F3N5O2/c26-25(27,28)17-4-2-1-3-16(17)23(34)15-9-19(29-11-15)24-31-18-10-22(30-12-20(18)32-24)33-7-5-21-14(13-33)6-8-35-21/h1-4,9-12,14,21,29H,5-8,13H2,(H,31,32)/t14-,21+/m1/s1. The molecule has 2 saturated heterocycles. The van der Waals surface area contributed by atoms with Crippen molar-refractivity contribution in [3.05, 3.63) is 65.5 Å². The van der Waals surface area contributed by atoms with Crippen molar-refractivity contribution >= 4 is 22.6 Å². The summed E-state index contributed by atoms with van der Waals surface area (Å²) in [4.78, 5) is 30.4. The molecule has 35 heavy (non-hydrogen) atoms. The molecular formula is C25H22F3N5O2. The molecule has 0 aliphatic carbocycles. The zero-order chi connectivity index (χ0) is 24.2. The third-order valence-corrected chi connectivity index (χ3v) is 6.84. The molecule has 0 bridgehead atoms. The third-order valence-electron chi connectivity index (χ3n) is 6.84. The number of nitrogens with one attached hydrogen (secondary N) is 2. The summed E-state index contributed by atoms with van der Waals surface area (Å²) >= 11 is 0. The Labute approximate surface area is 198 Å². The molecule has 2 aliphatic heterocycles. The minimum Gasteiger partial charge on any atom is -0.378 e. The number of aromatic nitrogens is 4. The van der Waals surface area contributed by atoms with Crippen LogP contribution < -0.4 is 4.90 Å². The minimum absolute atomic E-state index is 0.123. The number of halogens is 3. The van der Waals surface area contributed by atoms with E-state index >= 15 is 0 Å². The van der Waals surface area contributed by atoms with Crippen LogP contribution in [0.2, 0.25) is 0 Å². The van der Waals surface area contributed by atoms with Gasteiger partial charge in [-0.1, -0.05) is 18.2 Å². The predicted octanol–water partition coefficient (Wildman–Crippen LogP) is 4.82. The van der Waals surface area contributed by atoms with Crippen LogP contribution in [0.5, 0.6) is 0 Å². The lowest BCUT2D eigenvalue weighted by molar-refractivity contribution is -0.137. The number of pyridine rings is 1. The molecule has 2 fully saturated rings. The number of ether oxygens (including phenoxy) is 1. The van der Waals surface area contributed by atoms with E-state index in [0.29, 0.717) is 29.1 Å². The highest BCUT2D eigenvalue weighted by Gasteiger charge is 2.36. The predicted molar refractivity (Wildman–Crippen MR) is 123 cm³/mol. The Morgan fingerprint density at radius 1 is 1.17 bits per heavy atom. The van der Waals surface area contributed by atoms with Gasteiger partial charge in [-0.25, -0.2) is 9.97 Å². The van der Waals surface area contributed by atoms with Crippen molar-refractivity contribution < 1.29 is 22.7 Å². The summed E-state index contributed by atoms with van der Waals surface area (Å²) in [5.41, 5.74) is 0.730. The van der Waals surface area contributed by atoms with Crippen LogP contribution in [0.1, 0.15) is 34.3 Å². The van der Waals surface area contributed by atoms with Crippen LogP contribution in [0.3, 0.4) is 0 Å². The SMILES string of the molecule is O=C(c1c[nH]c(-c2nc3cnc(N4CC[C@@H]5OCC[C@@H]5C4)cc3[nH]2)c1)c1ccccc1C(F)(F)F. The van der Waals surface area contributed by atoms with Crippen LogP contribution in [0.25, 0.3) is 22.6 Å². The molecule has 0 amide bonds. The van der Waals surface area contributed by atoms with Crippen molar-refractivity contribution in [1.29, 1.82) is 0 Å². The highest BCUT2D eigenvalue weighted by molar-refractivity contribution is 6.10. The fraction of sp³-hybridized carbons (Fsp3) is 0.320. The smallest absolute Gasteiger partial charge is 0.378 e. The summed E-state index contributed by atoms with van der Waals surface area (Å²) < 4.78 is 45.8. The van der Waals surface area contributed by atoms with Crippen LogP contribution in [0.15, 0.2) is 48.8 Å². The second-order valence-corrected chi connectivity index (χ2v) is 9.01. The van der Waals surface area contributed by atoms with E-state index in [0.717, 1.165) is 49.9 Å². The molecule has 2 atom stereocenters. The van der Waals surface area contributed by atoms with Crippen LogP contribution in [-0.2, 0) is 10.9 Å². The van der Waals surface area contributed by atoms with E-state index in [2.05, 4.69) is 24.8 Å². The zero-order valence-corrected chi connectivity index (χ0v) is 18.6. The lowest BCUT2D eigenvalue weighted by atomic mass is 9.94. The van der Waals surface area contributed by atoms with Gasteiger partial charge < -0.3 is 19.6 Å². The van der Waals surface area contributed by atoms with E-state index in [1.54, 1.807) is 6.20 Å². The molecule has 3 aromatic heterocycles. The van der Waals surface area contributed by atoms with Crippen molar-refractivity contribution in [3.8, 4) is 11.5 Å². The average Bonchev–Trinajstić information content (AvgIpc) is 3.61. The van der Waals surface area contributed by atoms with E-state index in [1.807, 2.05) is 6.07 Å². The number of benzene rings is 1. The van der Waals surface area contributed by atoms with Crippen LogP contribution >= 0.6 is 0 Å². The first-order valence-electron chi connectivity index (χ1n) is 11.5. The summed E-state index contributed by atoms with van der Waals surface area (Å²) in [5.74, 6) is 1.16. The number of anilines is 1. The summed E-state index contributed by atoms with van der Waals surface area (Å²) in [7, 11) is 0. The molecule has 4 aromatic rings. The Balaban J connectivity index is 1.26. The molecule has 0 saturated carbocycles. The number of carbonyl (C=O) groups is 1. The number of ketones is 1. The molecule has 0 unspecified atom stereocenters. The van der Waals surface area contributed by atoms with Crippen molar-refractivity contribution in [2.24, 2.45) is 5.92 Å². The number of alkyl halides is 3. The molecule has 10 heteroatoms. The second kappa shape index (κ2) is 8.23. The Kier molecular flexibility index (Phi) is 5.14. The summed E-state index contributed by atoms with van der Waals surface area (Å²) in [6, 6.07) is 8.24. The first kappa shape index (κ1) is 21.8. The fourth-order valence-electron chi connectivity index (χ4n) is 5.03. The number of H-pyrrole nitrogens is 2. The molecule has 180 valence electrons. The fourth-order valence-corrected chi connectivity index (χ4v) is 5.03. The average molecular weight is 481 g/mol. The van der Waals surface area contributed by atoms with Gasteiger partial charge in [0, 0.05) is 49.0 Å². The Morgan fingerprint density at radius 3 is 2.89 bits per heavy atom. The van der Waals surface area contributed by atoms with E-state index in [9.17, 15) is 18.0 Å². The van der Waals surface area contributed by atoms with Crippen molar-refractivity contribution in [2.45, 2.75) is 25.1 Å². The largest absolute Gasteiger partial charge is 0.417 e. The number of hydrogen-bond donors (Lipinski definition) is 2. The van der Waals surface area contributed by atoms with Gasteiger partial charge in [-0.05, 0) is 25.0 Å². The van der Waals surface area contributed by atoms with Crippen LogP contribution in [0, 0.1) is 5.92 Å². The Morgan fingerprint density at radius 2 is 2.03 bits per heavy atom. The first-order chi connectivity index (χ1) is 16.9. The maximum absolute atomic E-state index is 13.4. The van der Waals surface area contributed by atoms with Gasteiger partial charge in [0.2, 0.25) is 0 Å². The van der Waals surface area contributed by atoms with Crippen LogP contribution in [0.4, 0.5) is 19.0 Å². The molecule has 7 nitrogen and oxygen atoms in total. The van der Waals surface area contributed by atoms with E-state index in [1.165, 1.54) is 30.5 Å². The zero-order valence-electron chi connectivity index (χ0n) is 18.6. The molecular weight excluding hydrogens is 459 g/mol. The van der Waals surface area contributed by atoms with Crippen molar-refractivity contribution in [1.82, 2.24) is 19.9 Å². The number of piperidine rings is 1. The normalized spacial score (nSPS) is 20.4. The van der Waals surface area contributed by atoms with Gasteiger partial charge >= 0.3 is 6.18 Å². The topological polar surface area (TPSA) is 86.9 Å². The maximum atomic E-state index is 13.4. The number of fused-ring (bicyclic) bond motifs is 2. The van der Waals surface area contributed by atoms with Crippen LogP contribution in [-0.4, -0.2) is 51.5 Å². The highest BCUT2D eigenvalue weighted by atomic mass is 19.4. The van der Waals surface area contributed by atoms with Gasteiger partial charge in [0.1, 0.15) is 11.3 Å². The molecule has 0 spiro atoms. The number of hydrogen-bond acceptors (Lipinski definition) is 5.